The molecule has 0 spiro atoms. The molecule has 0 aliphatic carbocycles. The molecule has 2 aliphatic rings. The van der Waals surface area contributed by atoms with Crippen molar-refractivity contribution < 1.29 is 19.0 Å². The second-order valence-electron chi connectivity index (χ2n) is 4.42. The van der Waals surface area contributed by atoms with Crippen LogP contribution in [0.2, 0.25) is 0 Å². The third-order valence-electron chi connectivity index (χ3n) is 3.17. The van der Waals surface area contributed by atoms with E-state index in [-0.39, 0.29) is 18.9 Å². The maximum atomic E-state index is 12.0. The summed E-state index contributed by atoms with van der Waals surface area (Å²) in [5.74, 6) is 0.989. The lowest BCUT2D eigenvalue weighted by atomic mass is 10.1. The zero-order valence-corrected chi connectivity index (χ0v) is 9.98. The molecule has 0 saturated carbocycles. The summed E-state index contributed by atoms with van der Waals surface area (Å²) in [4.78, 5) is 12.0. The Labute approximate surface area is 105 Å². The third-order valence-corrected chi connectivity index (χ3v) is 3.17. The minimum absolute atomic E-state index is 0.0178. The van der Waals surface area contributed by atoms with Gasteiger partial charge in [-0.05, 0) is 44.1 Å². The number of ether oxygens (including phenoxy) is 3. The van der Waals surface area contributed by atoms with E-state index in [2.05, 4.69) is 5.32 Å². The number of nitrogens with one attached hydrogen (secondary N) is 1. The maximum absolute atomic E-state index is 12.0. The van der Waals surface area contributed by atoms with Crippen molar-refractivity contribution in [3.8, 4) is 11.5 Å². The number of benzene rings is 1. The number of hydrogen-bond donors (Lipinski definition) is 1. The van der Waals surface area contributed by atoms with Crippen molar-refractivity contribution in [2.45, 2.75) is 18.9 Å². The van der Waals surface area contributed by atoms with E-state index >= 15 is 0 Å². The van der Waals surface area contributed by atoms with E-state index in [4.69, 9.17) is 14.2 Å². The molecule has 18 heavy (non-hydrogen) atoms. The standard InChI is InChI=1S/C13H15NO4/c15-13(18-10-3-5-14-6-4-10)9-1-2-11-12(7-9)17-8-16-11/h1-2,7,10,14H,3-6,8H2. The van der Waals surface area contributed by atoms with E-state index in [0.717, 1.165) is 25.9 Å². The van der Waals surface area contributed by atoms with E-state index < -0.39 is 0 Å². The molecule has 2 aliphatic heterocycles. The minimum Gasteiger partial charge on any atom is -0.459 e. The minimum atomic E-state index is -0.291. The van der Waals surface area contributed by atoms with E-state index in [0.29, 0.717) is 17.1 Å². The van der Waals surface area contributed by atoms with Crippen molar-refractivity contribution in [2.75, 3.05) is 19.9 Å². The Balaban J connectivity index is 1.68. The summed E-state index contributed by atoms with van der Waals surface area (Å²) in [5.41, 5.74) is 0.512. The number of hydrogen-bond acceptors (Lipinski definition) is 5. The van der Waals surface area contributed by atoms with Crippen LogP contribution in [0.25, 0.3) is 0 Å². The summed E-state index contributed by atoms with van der Waals surface area (Å²) in [7, 11) is 0. The van der Waals surface area contributed by atoms with Gasteiger partial charge in [-0.25, -0.2) is 4.79 Å². The largest absolute Gasteiger partial charge is 0.459 e. The zero-order valence-electron chi connectivity index (χ0n) is 9.98. The SMILES string of the molecule is O=C(OC1CCNCC1)c1ccc2c(c1)OCO2. The van der Waals surface area contributed by atoms with Crippen molar-refractivity contribution in [3.63, 3.8) is 0 Å². The van der Waals surface area contributed by atoms with Crippen LogP contribution in [-0.2, 0) is 4.74 Å². The summed E-state index contributed by atoms with van der Waals surface area (Å²) < 4.78 is 15.9. The maximum Gasteiger partial charge on any atom is 0.338 e. The highest BCUT2D eigenvalue weighted by molar-refractivity contribution is 5.90. The number of carbonyl (C=O) groups excluding carboxylic acids is 1. The molecule has 0 radical (unpaired) electrons. The first-order valence-electron chi connectivity index (χ1n) is 6.14. The number of fused-ring (bicyclic) bond motifs is 1. The summed E-state index contributed by atoms with van der Waals surface area (Å²) in [6.07, 6.45) is 1.76. The fourth-order valence-electron chi connectivity index (χ4n) is 2.16. The Kier molecular flexibility index (Phi) is 3.06. The van der Waals surface area contributed by atoms with Crippen molar-refractivity contribution in [3.05, 3.63) is 23.8 Å². The van der Waals surface area contributed by atoms with Crippen molar-refractivity contribution in [1.29, 1.82) is 0 Å². The second kappa shape index (κ2) is 4.86. The molecule has 5 heteroatoms. The van der Waals surface area contributed by atoms with Gasteiger partial charge in [0.15, 0.2) is 11.5 Å². The van der Waals surface area contributed by atoms with Gasteiger partial charge < -0.3 is 19.5 Å². The summed E-state index contributed by atoms with van der Waals surface area (Å²) in [6, 6.07) is 5.12. The lowest BCUT2D eigenvalue weighted by Crippen LogP contribution is -2.33. The van der Waals surface area contributed by atoms with E-state index in [1.807, 2.05) is 0 Å². The number of carbonyl (C=O) groups is 1. The van der Waals surface area contributed by atoms with Crippen LogP contribution in [0.3, 0.4) is 0 Å². The summed E-state index contributed by atoms with van der Waals surface area (Å²) in [5, 5.41) is 3.23. The first-order valence-corrected chi connectivity index (χ1v) is 6.14. The van der Waals surface area contributed by atoms with E-state index in [1.54, 1.807) is 18.2 Å². The van der Waals surface area contributed by atoms with Gasteiger partial charge in [0.2, 0.25) is 6.79 Å². The second-order valence-corrected chi connectivity index (χ2v) is 4.42. The number of piperidine rings is 1. The molecule has 1 N–H and O–H groups in total. The predicted octanol–water partition coefficient (Wildman–Crippen LogP) is 1.32. The van der Waals surface area contributed by atoms with Crippen molar-refractivity contribution in [2.24, 2.45) is 0 Å². The average Bonchev–Trinajstić information content (AvgIpc) is 2.87. The predicted molar refractivity (Wildman–Crippen MR) is 63.9 cm³/mol. The Morgan fingerprint density at radius 3 is 2.83 bits per heavy atom. The van der Waals surface area contributed by atoms with Gasteiger partial charge in [0.1, 0.15) is 6.10 Å². The molecule has 1 fully saturated rings. The van der Waals surface area contributed by atoms with Gasteiger partial charge in [-0.3, -0.25) is 0 Å². The van der Waals surface area contributed by atoms with Crippen LogP contribution in [0.5, 0.6) is 11.5 Å². The fraction of sp³-hybridized carbons (Fsp3) is 0.462. The van der Waals surface area contributed by atoms with Gasteiger partial charge in [-0.1, -0.05) is 0 Å². The Morgan fingerprint density at radius 2 is 2.00 bits per heavy atom. The monoisotopic (exact) mass is 249 g/mol. The highest BCUT2D eigenvalue weighted by atomic mass is 16.7. The van der Waals surface area contributed by atoms with E-state index in [9.17, 15) is 4.79 Å². The van der Waals surface area contributed by atoms with Gasteiger partial charge in [0.05, 0.1) is 5.56 Å². The quantitative estimate of drug-likeness (QED) is 0.801. The Hall–Kier alpha value is -1.75. The molecule has 1 saturated heterocycles. The molecule has 0 unspecified atom stereocenters. The number of esters is 1. The van der Waals surface area contributed by atoms with Crippen LogP contribution in [-0.4, -0.2) is 32.0 Å². The Morgan fingerprint density at radius 1 is 1.22 bits per heavy atom. The molecular formula is C13H15NO4. The van der Waals surface area contributed by atoms with Gasteiger partial charge in [-0.2, -0.15) is 0 Å². The first-order chi connectivity index (χ1) is 8.83. The van der Waals surface area contributed by atoms with Crippen LogP contribution in [0.1, 0.15) is 23.2 Å². The molecule has 5 nitrogen and oxygen atoms in total. The topological polar surface area (TPSA) is 56.8 Å². The summed E-state index contributed by atoms with van der Waals surface area (Å²) >= 11 is 0. The molecule has 1 aromatic carbocycles. The van der Waals surface area contributed by atoms with Crippen LogP contribution in [0, 0.1) is 0 Å². The van der Waals surface area contributed by atoms with E-state index in [1.165, 1.54) is 0 Å². The molecule has 0 atom stereocenters. The summed E-state index contributed by atoms with van der Waals surface area (Å²) in [6.45, 7) is 2.01. The molecule has 0 aromatic heterocycles. The molecule has 0 bridgehead atoms. The van der Waals surface area contributed by atoms with Crippen LogP contribution >= 0.6 is 0 Å². The average molecular weight is 249 g/mol. The fourth-order valence-corrected chi connectivity index (χ4v) is 2.16. The Bertz CT molecular complexity index is 454. The van der Waals surface area contributed by atoms with Crippen LogP contribution < -0.4 is 14.8 Å². The molecule has 1 aromatic rings. The first kappa shape index (κ1) is 11.3. The highest BCUT2D eigenvalue weighted by Crippen LogP contribution is 2.32. The lowest BCUT2D eigenvalue weighted by molar-refractivity contribution is 0.0229. The van der Waals surface area contributed by atoms with Gasteiger partial charge in [-0.15, -0.1) is 0 Å². The molecule has 0 amide bonds. The molecule has 2 heterocycles. The third kappa shape index (κ3) is 2.26. The lowest BCUT2D eigenvalue weighted by Gasteiger charge is -2.22. The van der Waals surface area contributed by atoms with Crippen LogP contribution in [0.15, 0.2) is 18.2 Å². The van der Waals surface area contributed by atoms with Crippen molar-refractivity contribution >= 4 is 5.97 Å². The van der Waals surface area contributed by atoms with Crippen LogP contribution in [0.4, 0.5) is 0 Å². The molecular weight excluding hydrogens is 234 g/mol. The van der Waals surface area contributed by atoms with Gasteiger partial charge in [0.25, 0.3) is 0 Å². The molecule has 3 rings (SSSR count). The van der Waals surface area contributed by atoms with Gasteiger partial charge >= 0.3 is 5.97 Å². The zero-order chi connectivity index (χ0) is 12.4. The normalized spacial score (nSPS) is 18.7. The van der Waals surface area contributed by atoms with Gasteiger partial charge in [0, 0.05) is 0 Å². The molecule has 96 valence electrons. The number of rotatable bonds is 2. The van der Waals surface area contributed by atoms with Crippen molar-refractivity contribution in [1.82, 2.24) is 5.32 Å². The smallest absolute Gasteiger partial charge is 0.338 e. The highest BCUT2D eigenvalue weighted by Gasteiger charge is 2.21.